The lowest BCUT2D eigenvalue weighted by molar-refractivity contribution is -0.132. The highest BCUT2D eigenvalue weighted by atomic mass is 16.1. The maximum absolute atomic E-state index is 14.3. The first-order valence-corrected chi connectivity index (χ1v) is 11.8. The van der Waals surface area contributed by atoms with Crippen LogP contribution >= 0.6 is 0 Å². The van der Waals surface area contributed by atoms with Crippen molar-refractivity contribution in [3.05, 3.63) is 0 Å². The van der Waals surface area contributed by atoms with Crippen LogP contribution in [0.15, 0.2) is 0 Å². The monoisotopic (exact) mass is 376 g/mol. The molecule has 0 fully saturated rings. The lowest BCUT2D eigenvalue weighted by Gasteiger charge is -2.34. The molecule has 1 heteroatoms. The average Bonchev–Trinajstić information content (AvgIpc) is 2.89. The second-order valence-electron chi connectivity index (χ2n) is 8.96. The van der Waals surface area contributed by atoms with Crippen molar-refractivity contribution in [1.82, 2.24) is 0 Å². The van der Waals surface area contributed by atoms with Gasteiger partial charge in [0, 0.05) is 19.3 Å². The van der Waals surface area contributed by atoms with E-state index in [0.717, 1.165) is 70.6 Å². The molecule has 3 aliphatic rings. The molecule has 1 nitrogen and oxygen atoms in total. The van der Waals surface area contributed by atoms with Gasteiger partial charge in [0.25, 0.3) is 0 Å². The first-order chi connectivity index (χ1) is 13.8. The molecule has 0 amide bonds. The number of ketones is 1. The molecular formula is C27H36O. The fraction of sp³-hybridized carbons (Fsp3) is 0.741. The van der Waals surface area contributed by atoms with E-state index in [9.17, 15) is 4.79 Å². The van der Waals surface area contributed by atoms with Gasteiger partial charge in [0.2, 0.25) is 0 Å². The molecule has 0 radical (unpaired) electrons. The standard InChI is InChI=1S/C27H36O/c28-25-26(19-13-7-1-2-8-14-20-26)23-17-11-5-6-12-18-24-27(25)21-15-9-3-4-10-16-22-27/h1-13,15,17,19,21,23H2. The minimum atomic E-state index is -0.780. The molecule has 0 aliphatic heterocycles. The third kappa shape index (κ3) is 5.45. The molecular weight excluding hydrogens is 340 g/mol. The summed E-state index contributed by atoms with van der Waals surface area (Å²) in [4.78, 5) is 14.3. The fourth-order valence-corrected chi connectivity index (χ4v) is 4.93. The quantitative estimate of drug-likeness (QED) is 0.435. The molecule has 0 aromatic carbocycles. The summed E-state index contributed by atoms with van der Waals surface area (Å²) in [6.07, 6.45) is 19.3. The maximum atomic E-state index is 14.3. The van der Waals surface area contributed by atoms with Gasteiger partial charge in [-0.05, 0) is 38.5 Å². The van der Waals surface area contributed by atoms with Crippen LogP contribution in [-0.2, 0) is 4.79 Å². The van der Waals surface area contributed by atoms with Gasteiger partial charge in [-0.1, -0.05) is 75.5 Å². The largest absolute Gasteiger partial charge is 0.295 e. The highest BCUT2D eigenvalue weighted by Crippen LogP contribution is 2.42. The summed E-state index contributed by atoms with van der Waals surface area (Å²) < 4.78 is 0. The summed E-state index contributed by atoms with van der Waals surface area (Å²) >= 11 is 0. The van der Waals surface area contributed by atoms with Gasteiger partial charge in [-0.25, -0.2) is 0 Å². The molecule has 0 saturated carbocycles. The molecule has 2 unspecified atom stereocenters. The zero-order chi connectivity index (χ0) is 19.5. The first kappa shape index (κ1) is 21.1. The molecule has 0 aromatic rings. The lowest BCUT2D eigenvalue weighted by Crippen LogP contribution is -2.42. The molecule has 3 aliphatic carbocycles. The summed E-state index contributed by atoms with van der Waals surface area (Å²) in [5.74, 6) is 20.9. The molecule has 3 rings (SSSR count). The molecule has 150 valence electrons. The van der Waals surface area contributed by atoms with Crippen LogP contribution in [0.4, 0.5) is 0 Å². The molecule has 2 atom stereocenters. The van der Waals surface area contributed by atoms with Crippen molar-refractivity contribution in [3.63, 3.8) is 0 Å². The van der Waals surface area contributed by atoms with Crippen LogP contribution in [0.2, 0.25) is 0 Å². The van der Waals surface area contributed by atoms with Gasteiger partial charge < -0.3 is 0 Å². The Labute approximate surface area is 172 Å². The van der Waals surface area contributed by atoms with E-state index in [2.05, 4.69) is 35.5 Å². The summed E-state index contributed by atoms with van der Waals surface area (Å²) in [5, 5.41) is 0. The lowest BCUT2D eigenvalue weighted by atomic mass is 9.64. The van der Waals surface area contributed by atoms with Crippen molar-refractivity contribution >= 4 is 5.78 Å². The predicted molar refractivity (Wildman–Crippen MR) is 116 cm³/mol. The second-order valence-corrected chi connectivity index (χ2v) is 8.96. The molecule has 2 spiro atoms. The average molecular weight is 377 g/mol. The van der Waals surface area contributed by atoms with Crippen LogP contribution in [0.1, 0.15) is 116 Å². The highest BCUT2D eigenvalue weighted by molar-refractivity contribution is 5.98. The van der Waals surface area contributed by atoms with E-state index in [4.69, 9.17) is 0 Å². The number of hydrogen-bond donors (Lipinski definition) is 0. The smallest absolute Gasteiger partial charge is 0.180 e. The predicted octanol–water partition coefficient (Wildman–Crippen LogP) is 6.60. The van der Waals surface area contributed by atoms with Gasteiger partial charge >= 0.3 is 0 Å². The molecule has 0 heterocycles. The van der Waals surface area contributed by atoms with Gasteiger partial charge in [0.15, 0.2) is 11.2 Å². The van der Waals surface area contributed by atoms with Gasteiger partial charge in [-0.15, -0.1) is 17.8 Å². The Hall–Kier alpha value is -1.65. The highest BCUT2D eigenvalue weighted by Gasteiger charge is 2.47. The number of hydrogen-bond acceptors (Lipinski definition) is 1. The SMILES string of the molecule is O=C1C2(C#CCCCCCC2)C#CCCCCCCC12C#CCCCCCC2. The van der Waals surface area contributed by atoms with E-state index < -0.39 is 10.8 Å². The van der Waals surface area contributed by atoms with Crippen molar-refractivity contribution in [2.45, 2.75) is 116 Å². The van der Waals surface area contributed by atoms with E-state index in [1.807, 2.05) is 0 Å². The molecule has 0 aromatic heterocycles. The number of Topliss-reactive ketones (excluding diaryl/α,β-unsaturated/α-hetero) is 1. The van der Waals surface area contributed by atoms with Gasteiger partial charge in [0.1, 0.15) is 0 Å². The van der Waals surface area contributed by atoms with E-state index in [0.29, 0.717) is 0 Å². The Morgan fingerprint density at radius 2 is 0.929 bits per heavy atom. The molecule has 0 saturated heterocycles. The van der Waals surface area contributed by atoms with Crippen LogP contribution in [0.5, 0.6) is 0 Å². The number of rotatable bonds is 0. The van der Waals surface area contributed by atoms with E-state index in [-0.39, 0.29) is 5.78 Å². The summed E-state index contributed by atoms with van der Waals surface area (Å²) in [6, 6.07) is 0. The van der Waals surface area contributed by atoms with E-state index in [1.54, 1.807) is 0 Å². The van der Waals surface area contributed by atoms with Crippen molar-refractivity contribution in [2.75, 3.05) is 0 Å². The Kier molecular flexibility index (Phi) is 8.11. The van der Waals surface area contributed by atoms with Gasteiger partial charge in [0.05, 0.1) is 5.41 Å². The molecule has 0 N–H and O–H groups in total. The molecule has 28 heavy (non-hydrogen) atoms. The van der Waals surface area contributed by atoms with E-state index in [1.165, 1.54) is 44.9 Å². The third-order valence-electron chi connectivity index (χ3n) is 6.67. The van der Waals surface area contributed by atoms with Crippen LogP contribution in [0.25, 0.3) is 0 Å². The summed E-state index contributed by atoms with van der Waals surface area (Å²) in [5.41, 5.74) is -1.30. The van der Waals surface area contributed by atoms with Crippen molar-refractivity contribution in [1.29, 1.82) is 0 Å². The second kappa shape index (κ2) is 10.8. The zero-order valence-corrected chi connectivity index (χ0v) is 17.6. The van der Waals surface area contributed by atoms with Crippen LogP contribution < -0.4 is 0 Å². The van der Waals surface area contributed by atoms with Crippen molar-refractivity contribution < 1.29 is 4.79 Å². The Bertz CT molecular complexity index is 713. The Morgan fingerprint density at radius 1 is 0.500 bits per heavy atom. The van der Waals surface area contributed by atoms with Crippen LogP contribution in [0.3, 0.4) is 0 Å². The van der Waals surface area contributed by atoms with Gasteiger partial charge in [-0.2, -0.15) is 0 Å². The first-order valence-electron chi connectivity index (χ1n) is 11.8. The van der Waals surface area contributed by atoms with Gasteiger partial charge in [-0.3, -0.25) is 4.79 Å². The van der Waals surface area contributed by atoms with Crippen molar-refractivity contribution in [2.24, 2.45) is 10.8 Å². The number of carbonyl (C=O) groups excluding carboxylic acids is 1. The Morgan fingerprint density at radius 3 is 1.46 bits per heavy atom. The molecule has 0 bridgehead atoms. The minimum Gasteiger partial charge on any atom is -0.295 e. The van der Waals surface area contributed by atoms with E-state index >= 15 is 0 Å². The normalized spacial score (nSPS) is 32.2. The van der Waals surface area contributed by atoms with Crippen LogP contribution in [-0.4, -0.2) is 5.78 Å². The fourth-order valence-electron chi connectivity index (χ4n) is 4.93. The minimum absolute atomic E-state index is 0.262. The third-order valence-corrected chi connectivity index (χ3v) is 6.67. The summed E-state index contributed by atoms with van der Waals surface area (Å²) in [7, 11) is 0. The van der Waals surface area contributed by atoms with Crippen molar-refractivity contribution in [3.8, 4) is 35.5 Å². The number of carbonyl (C=O) groups is 1. The maximum Gasteiger partial charge on any atom is 0.180 e. The topological polar surface area (TPSA) is 17.1 Å². The summed E-state index contributed by atoms with van der Waals surface area (Å²) in [6.45, 7) is 0. The zero-order valence-electron chi connectivity index (χ0n) is 17.6. The van der Waals surface area contributed by atoms with Crippen LogP contribution in [0, 0.1) is 46.4 Å². The Balaban J connectivity index is 2.05.